The highest BCUT2D eigenvalue weighted by Crippen LogP contribution is 2.35. The summed E-state index contributed by atoms with van der Waals surface area (Å²) in [5, 5.41) is 13.4. The number of thiazole rings is 1. The van der Waals surface area contributed by atoms with Crippen LogP contribution in [0.2, 0.25) is 0 Å². The van der Waals surface area contributed by atoms with Crippen LogP contribution in [0.3, 0.4) is 0 Å². The minimum absolute atomic E-state index is 0.0444. The maximum atomic E-state index is 11.2. The summed E-state index contributed by atoms with van der Waals surface area (Å²) in [6.45, 7) is 9.41. The number of hydrogen-bond donors (Lipinski definition) is 2. The van der Waals surface area contributed by atoms with E-state index in [4.69, 9.17) is 9.52 Å². The maximum Gasteiger partial charge on any atom is 0.407 e. The van der Waals surface area contributed by atoms with Crippen LogP contribution in [-0.4, -0.2) is 45.2 Å². The Bertz CT molecular complexity index is 797. The van der Waals surface area contributed by atoms with E-state index in [0.717, 1.165) is 39.5 Å². The van der Waals surface area contributed by atoms with E-state index in [9.17, 15) is 4.79 Å². The number of aryl methyl sites for hydroxylation is 1. The van der Waals surface area contributed by atoms with Crippen molar-refractivity contribution in [3.05, 3.63) is 23.5 Å². The second kappa shape index (κ2) is 8.10. The average molecular weight is 411 g/mol. The SMILES string of the molecule is Cc1nc(NC2CCCN(C(=O)O)C2)sc1SCc1ncc(C(C)(C)C)o1. The Morgan fingerprint density at radius 2 is 2.30 bits per heavy atom. The number of hydrogen-bond acceptors (Lipinski definition) is 7. The number of aromatic nitrogens is 2. The molecule has 2 aromatic heterocycles. The molecule has 2 aromatic rings. The molecule has 0 aromatic carbocycles. The number of nitrogens with zero attached hydrogens (tertiary/aromatic N) is 3. The molecule has 1 unspecified atom stereocenters. The van der Waals surface area contributed by atoms with E-state index in [1.54, 1.807) is 29.3 Å². The van der Waals surface area contributed by atoms with Crippen molar-refractivity contribution < 1.29 is 14.3 Å². The molecule has 0 bridgehead atoms. The largest absolute Gasteiger partial charge is 0.465 e. The van der Waals surface area contributed by atoms with Crippen LogP contribution in [0.25, 0.3) is 0 Å². The van der Waals surface area contributed by atoms with E-state index < -0.39 is 6.09 Å². The maximum absolute atomic E-state index is 11.2. The Morgan fingerprint density at radius 1 is 1.52 bits per heavy atom. The predicted molar refractivity (Wildman–Crippen MR) is 108 cm³/mol. The standard InChI is InChI=1S/C18H26N4O3S2/c1-11-15(26-10-14-19-8-13(25-14)18(2,3)4)27-16(20-11)21-12-6-5-7-22(9-12)17(23)24/h8,12H,5-7,9-10H2,1-4H3,(H,20,21)(H,23,24). The van der Waals surface area contributed by atoms with Crippen LogP contribution in [-0.2, 0) is 11.2 Å². The quantitative estimate of drug-likeness (QED) is 0.697. The van der Waals surface area contributed by atoms with Crippen molar-refractivity contribution in [1.82, 2.24) is 14.9 Å². The fraction of sp³-hybridized carbons (Fsp3) is 0.611. The van der Waals surface area contributed by atoms with Gasteiger partial charge in [0, 0.05) is 24.5 Å². The summed E-state index contributed by atoms with van der Waals surface area (Å²) < 4.78 is 6.97. The lowest BCUT2D eigenvalue weighted by molar-refractivity contribution is 0.133. The predicted octanol–water partition coefficient (Wildman–Crippen LogP) is 4.58. The summed E-state index contributed by atoms with van der Waals surface area (Å²) in [7, 11) is 0. The van der Waals surface area contributed by atoms with Crippen molar-refractivity contribution in [1.29, 1.82) is 0 Å². The average Bonchev–Trinajstić information content (AvgIpc) is 3.20. The molecule has 1 atom stereocenters. The number of thioether (sulfide) groups is 1. The molecule has 0 spiro atoms. The third-order valence-corrected chi connectivity index (χ3v) is 6.83. The van der Waals surface area contributed by atoms with Crippen LogP contribution in [0.1, 0.15) is 51.0 Å². The summed E-state index contributed by atoms with van der Waals surface area (Å²) in [6, 6.07) is 0.110. The first-order valence-corrected chi connectivity index (χ1v) is 10.8. The zero-order valence-corrected chi connectivity index (χ0v) is 17.7. The first-order valence-electron chi connectivity index (χ1n) is 9.02. The van der Waals surface area contributed by atoms with Crippen molar-refractivity contribution >= 4 is 34.3 Å². The Balaban J connectivity index is 1.58. The number of likely N-dealkylation sites (tertiary alicyclic amines) is 1. The van der Waals surface area contributed by atoms with E-state index in [2.05, 4.69) is 36.1 Å². The van der Waals surface area contributed by atoms with Crippen molar-refractivity contribution in [2.24, 2.45) is 0 Å². The van der Waals surface area contributed by atoms with Crippen LogP contribution in [0, 0.1) is 6.92 Å². The molecule has 1 saturated heterocycles. The zero-order valence-electron chi connectivity index (χ0n) is 16.1. The van der Waals surface area contributed by atoms with Gasteiger partial charge in [-0.3, -0.25) is 0 Å². The molecule has 1 fully saturated rings. The molecule has 1 aliphatic heterocycles. The minimum Gasteiger partial charge on any atom is -0.465 e. The fourth-order valence-electron chi connectivity index (χ4n) is 2.87. The van der Waals surface area contributed by atoms with Gasteiger partial charge in [0.05, 0.1) is 21.9 Å². The summed E-state index contributed by atoms with van der Waals surface area (Å²) >= 11 is 3.27. The molecule has 0 radical (unpaired) electrons. The highest BCUT2D eigenvalue weighted by Gasteiger charge is 2.24. The summed E-state index contributed by atoms with van der Waals surface area (Å²) in [4.78, 5) is 21.6. The molecule has 0 saturated carbocycles. The number of oxazole rings is 1. The van der Waals surface area contributed by atoms with Crippen LogP contribution >= 0.6 is 23.1 Å². The lowest BCUT2D eigenvalue weighted by Crippen LogP contribution is -2.44. The first-order chi connectivity index (χ1) is 12.7. The van der Waals surface area contributed by atoms with E-state index in [1.807, 2.05) is 6.92 Å². The highest BCUT2D eigenvalue weighted by molar-refractivity contribution is 8.00. The van der Waals surface area contributed by atoms with E-state index in [0.29, 0.717) is 18.8 Å². The summed E-state index contributed by atoms with van der Waals surface area (Å²) in [5.41, 5.74) is 0.929. The number of amides is 1. The van der Waals surface area contributed by atoms with Gasteiger partial charge in [-0.15, -0.1) is 11.8 Å². The molecule has 1 amide bonds. The monoisotopic (exact) mass is 410 g/mol. The summed E-state index contributed by atoms with van der Waals surface area (Å²) in [5.74, 6) is 2.27. The van der Waals surface area contributed by atoms with Crippen LogP contribution in [0.15, 0.2) is 14.8 Å². The highest BCUT2D eigenvalue weighted by atomic mass is 32.2. The van der Waals surface area contributed by atoms with E-state index in [1.165, 1.54) is 4.90 Å². The summed E-state index contributed by atoms with van der Waals surface area (Å²) in [6.07, 6.45) is 2.78. The van der Waals surface area contributed by atoms with Crippen molar-refractivity contribution in [3.63, 3.8) is 0 Å². The Hall–Kier alpha value is -1.74. The topological polar surface area (TPSA) is 91.5 Å². The Labute approximate surface area is 167 Å². The number of rotatable bonds is 5. The van der Waals surface area contributed by atoms with Crippen LogP contribution < -0.4 is 5.32 Å². The van der Waals surface area contributed by atoms with E-state index >= 15 is 0 Å². The minimum atomic E-state index is -0.853. The zero-order chi connectivity index (χ0) is 19.6. The van der Waals surface area contributed by atoms with Gasteiger partial charge in [-0.25, -0.2) is 14.8 Å². The Morgan fingerprint density at radius 3 is 2.96 bits per heavy atom. The molecule has 27 heavy (non-hydrogen) atoms. The number of piperidine rings is 1. The molecule has 9 heteroatoms. The molecule has 7 nitrogen and oxygen atoms in total. The molecule has 2 N–H and O–H groups in total. The van der Waals surface area contributed by atoms with Gasteiger partial charge in [0.2, 0.25) is 5.89 Å². The van der Waals surface area contributed by atoms with E-state index in [-0.39, 0.29) is 11.5 Å². The smallest absolute Gasteiger partial charge is 0.407 e. The Kier molecular flexibility index (Phi) is 6.00. The first kappa shape index (κ1) is 20.0. The molecule has 3 heterocycles. The van der Waals surface area contributed by atoms with Crippen molar-refractivity contribution in [2.75, 3.05) is 18.4 Å². The van der Waals surface area contributed by atoms with Gasteiger partial charge in [-0.05, 0) is 19.8 Å². The molecular formula is C18H26N4O3S2. The lowest BCUT2D eigenvalue weighted by Gasteiger charge is -2.31. The number of carboxylic acid groups (broad SMARTS) is 1. The van der Waals surface area contributed by atoms with Crippen LogP contribution in [0.4, 0.5) is 9.93 Å². The second-order valence-electron chi connectivity index (χ2n) is 7.76. The number of carbonyl (C=O) groups is 1. The third-order valence-electron chi connectivity index (χ3n) is 4.39. The third kappa shape index (κ3) is 5.16. The van der Waals surface area contributed by atoms with Gasteiger partial charge in [-0.1, -0.05) is 32.1 Å². The molecule has 3 rings (SSSR count). The van der Waals surface area contributed by atoms with Crippen molar-refractivity contribution in [3.8, 4) is 0 Å². The van der Waals surface area contributed by atoms with Gasteiger partial charge in [0.1, 0.15) is 5.76 Å². The van der Waals surface area contributed by atoms with Crippen molar-refractivity contribution in [2.45, 2.75) is 62.0 Å². The van der Waals surface area contributed by atoms with Gasteiger partial charge in [0.25, 0.3) is 0 Å². The molecule has 148 valence electrons. The molecule has 1 aliphatic rings. The molecular weight excluding hydrogens is 384 g/mol. The van der Waals surface area contributed by atoms with Crippen LogP contribution in [0.5, 0.6) is 0 Å². The normalized spacial score (nSPS) is 17.9. The van der Waals surface area contributed by atoms with Gasteiger partial charge in [0.15, 0.2) is 5.13 Å². The van der Waals surface area contributed by atoms with Gasteiger partial charge >= 0.3 is 6.09 Å². The fourth-order valence-corrected chi connectivity index (χ4v) is 4.94. The second-order valence-corrected chi connectivity index (χ2v) is 10.0. The lowest BCUT2D eigenvalue weighted by atomic mass is 9.94. The number of nitrogens with one attached hydrogen (secondary N) is 1. The number of anilines is 1. The van der Waals surface area contributed by atoms with Gasteiger partial charge < -0.3 is 19.7 Å². The van der Waals surface area contributed by atoms with Gasteiger partial charge in [-0.2, -0.15) is 0 Å². The molecule has 0 aliphatic carbocycles.